The zero-order valence-electron chi connectivity index (χ0n) is 26.4. The van der Waals surface area contributed by atoms with Crippen LogP contribution in [-0.2, 0) is 21.5 Å². The number of thiazole rings is 1. The van der Waals surface area contributed by atoms with Crippen LogP contribution in [-0.4, -0.2) is 35.6 Å². The molecule has 2 aromatic carbocycles. The maximum absolute atomic E-state index is 14.0. The summed E-state index contributed by atoms with van der Waals surface area (Å²) in [5.74, 6) is -0.0966. The van der Waals surface area contributed by atoms with Crippen molar-refractivity contribution in [3.63, 3.8) is 0 Å². The van der Waals surface area contributed by atoms with Gasteiger partial charge in [0.05, 0.1) is 25.3 Å². The largest absolute Gasteiger partial charge is 0.507 e. The monoisotopic (exact) mass is 605 g/mol. The first-order valence-corrected chi connectivity index (χ1v) is 14.8. The Morgan fingerprint density at radius 3 is 2.33 bits per heavy atom. The summed E-state index contributed by atoms with van der Waals surface area (Å²) < 4.78 is 18.5. The van der Waals surface area contributed by atoms with Crippen molar-refractivity contribution in [2.75, 3.05) is 14.2 Å². The summed E-state index contributed by atoms with van der Waals surface area (Å²) in [5, 5.41) is 11.7. The highest BCUT2D eigenvalue weighted by Gasteiger charge is 2.24. The Morgan fingerprint density at radius 2 is 1.74 bits per heavy atom. The van der Waals surface area contributed by atoms with Gasteiger partial charge in [-0.05, 0) is 59.2 Å². The number of esters is 1. The quantitative estimate of drug-likeness (QED) is 0.296. The molecule has 0 aliphatic heterocycles. The maximum atomic E-state index is 14.0. The Bertz CT molecular complexity index is 1920. The Balaban J connectivity index is 1.98. The maximum Gasteiger partial charge on any atom is 0.373 e. The van der Waals surface area contributed by atoms with Crippen molar-refractivity contribution in [2.45, 2.75) is 67.3 Å². The van der Waals surface area contributed by atoms with E-state index in [0.29, 0.717) is 37.0 Å². The van der Waals surface area contributed by atoms with Gasteiger partial charge in [0.15, 0.2) is 17.1 Å². The van der Waals surface area contributed by atoms with E-state index in [4.69, 9.17) is 13.9 Å². The topological polar surface area (TPSA) is 108 Å². The molecule has 2 heterocycles. The fourth-order valence-electron chi connectivity index (χ4n) is 4.86. The third kappa shape index (κ3) is 6.18. The number of rotatable bonds is 6. The van der Waals surface area contributed by atoms with Gasteiger partial charge in [-0.25, -0.2) is 4.79 Å². The standard InChI is InChI=1S/C34H39NO7S/c1-18-13-23(33(3,4)5)29(37)19(2)22(18)17-35-28(16-27(36)34(6,7)8)43-26(31(35)38)14-20-11-12-24(40-9)30-21(20)15-25(42-30)32(39)41-10/h11-16,37H,17H2,1-10H3/b26-14-,28-16-. The molecule has 0 fully saturated rings. The predicted octanol–water partition coefficient (Wildman–Crippen LogP) is 5.34. The van der Waals surface area contributed by atoms with Gasteiger partial charge in [0.25, 0.3) is 5.56 Å². The van der Waals surface area contributed by atoms with Crippen molar-refractivity contribution in [1.29, 1.82) is 0 Å². The fourth-order valence-corrected chi connectivity index (χ4v) is 5.89. The Hall–Kier alpha value is -4.11. The number of ether oxygens (including phenoxy) is 2. The summed E-state index contributed by atoms with van der Waals surface area (Å²) in [5.41, 5.74) is 3.10. The van der Waals surface area contributed by atoms with Crippen LogP contribution in [0.15, 0.2) is 33.5 Å². The third-order valence-electron chi connectivity index (χ3n) is 7.53. The number of benzene rings is 2. The fraction of sp³-hybridized carbons (Fsp3) is 0.382. The zero-order chi connectivity index (χ0) is 32.0. The van der Waals surface area contributed by atoms with Gasteiger partial charge in [-0.2, -0.15) is 0 Å². The van der Waals surface area contributed by atoms with Gasteiger partial charge < -0.3 is 19.0 Å². The summed E-state index contributed by atoms with van der Waals surface area (Å²) in [7, 11) is 2.77. The highest BCUT2D eigenvalue weighted by molar-refractivity contribution is 7.07. The van der Waals surface area contributed by atoms with Crippen LogP contribution in [0.5, 0.6) is 11.5 Å². The lowest BCUT2D eigenvalue weighted by Crippen LogP contribution is -2.33. The molecule has 2 aromatic heterocycles. The number of furan rings is 1. The number of nitrogens with zero attached hydrogens (tertiary/aromatic N) is 1. The number of carbonyl (C=O) groups is 2. The number of fused-ring (bicyclic) bond motifs is 1. The Morgan fingerprint density at radius 1 is 1.07 bits per heavy atom. The second kappa shape index (κ2) is 11.5. The van der Waals surface area contributed by atoms with Gasteiger partial charge in [0.2, 0.25) is 5.76 Å². The minimum absolute atomic E-state index is 0.00880. The van der Waals surface area contributed by atoms with Crippen LogP contribution in [0.1, 0.15) is 79.9 Å². The lowest BCUT2D eigenvalue weighted by molar-refractivity contribution is -0.120. The highest BCUT2D eigenvalue weighted by Crippen LogP contribution is 2.36. The number of aryl methyl sites for hydroxylation is 1. The first-order chi connectivity index (χ1) is 20.0. The minimum Gasteiger partial charge on any atom is -0.507 e. The summed E-state index contributed by atoms with van der Waals surface area (Å²) in [6.07, 6.45) is 3.24. The van der Waals surface area contributed by atoms with Crippen molar-refractivity contribution < 1.29 is 28.6 Å². The third-order valence-corrected chi connectivity index (χ3v) is 8.59. The Kier molecular flexibility index (Phi) is 8.53. The van der Waals surface area contributed by atoms with Crippen LogP contribution in [0.3, 0.4) is 0 Å². The van der Waals surface area contributed by atoms with Crippen molar-refractivity contribution in [3.8, 4) is 11.5 Å². The van der Waals surface area contributed by atoms with E-state index in [1.807, 2.05) is 61.5 Å². The van der Waals surface area contributed by atoms with Crippen LogP contribution < -0.4 is 19.5 Å². The zero-order valence-corrected chi connectivity index (χ0v) is 27.2. The Labute approximate surface area is 254 Å². The summed E-state index contributed by atoms with van der Waals surface area (Å²) in [6, 6.07) is 7.01. The molecule has 0 saturated carbocycles. The molecular weight excluding hydrogens is 566 g/mol. The number of phenolic OH excluding ortho intramolecular Hbond substituents is 1. The number of phenols is 1. The van der Waals surface area contributed by atoms with E-state index in [1.165, 1.54) is 31.6 Å². The summed E-state index contributed by atoms with van der Waals surface area (Å²) >= 11 is 1.21. The van der Waals surface area contributed by atoms with E-state index < -0.39 is 11.4 Å². The van der Waals surface area contributed by atoms with Gasteiger partial charge in [-0.3, -0.25) is 14.2 Å². The molecule has 1 N–H and O–H groups in total. The molecule has 0 unspecified atom stereocenters. The van der Waals surface area contributed by atoms with E-state index in [2.05, 4.69) is 0 Å². The molecule has 4 aromatic rings. The van der Waals surface area contributed by atoms with E-state index in [9.17, 15) is 19.5 Å². The average molecular weight is 606 g/mol. The number of Topliss-reactive ketones (excluding diaryl/α,β-unsaturated/α-hetero) is 1. The first-order valence-electron chi connectivity index (χ1n) is 14.0. The molecule has 0 amide bonds. The lowest BCUT2D eigenvalue weighted by atomic mass is 9.82. The normalized spacial score (nSPS) is 13.2. The van der Waals surface area contributed by atoms with Gasteiger partial charge >= 0.3 is 5.97 Å². The van der Waals surface area contributed by atoms with Crippen LogP contribution in [0.2, 0.25) is 0 Å². The first kappa shape index (κ1) is 31.8. The molecule has 0 aliphatic rings. The average Bonchev–Trinajstić information content (AvgIpc) is 3.49. The number of methoxy groups -OCH3 is 2. The SMILES string of the molecule is COC(=O)c1cc2c(/C=c3\s/c(=C\C(=O)C(C)(C)C)n(Cc4c(C)cc(C(C)(C)C)c(O)c4C)c3=O)ccc(OC)c2o1. The second-order valence-corrected chi connectivity index (χ2v) is 13.8. The van der Waals surface area contributed by atoms with Crippen LogP contribution in [0.25, 0.3) is 23.1 Å². The second-order valence-electron chi connectivity index (χ2n) is 12.7. The van der Waals surface area contributed by atoms with Crippen molar-refractivity contribution >= 4 is 46.2 Å². The van der Waals surface area contributed by atoms with E-state index in [1.54, 1.807) is 28.8 Å². The molecule has 0 bridgehead atoms. The summed E-state index contributed by atoms with van der Waals surface area (Å²) in [4.78, 5) is 39.3. The van der Waals surface area contributed by atoms with Crippen molar-refractivity contribution in [3.05, 3.63) is 77.4 Å². The van der Waals surface area contributed by atoms with Crippen LogP contribution >= 0.6 is 11.3 Å². The minimum atomic E-state index is -0.642. The molecule has 0 spiro atoms. The molecule has 0 radical (unpaired) electrons. The van der Waals surface area contributed by atoms with E-state index in [0.717, 1.165) is 16.7 Å². The highest BCUT2D eigenvalue weighted by atomic mass is 32.1. The van der Waals surface area contributed by atoms with Crippen molar-refractivity contribution in [1.82, 2.24) is 4.57 Å². The van der Waals surface area contributed by atoms with Crippen LogP contribution in [0.4, 0.5) is 0 Å². The number of hydrogen-bond donors (Lipinski definition) is 1. The summed E-state index contributed by atoms with van der Waals surface area (Å²) in [6.45, 7) is 15.6. The molecular formula is C34H39NO7S. The molecule has 0 atom stereocenters. The van der Waals surface area contributed by atoms with Gasteiger partial charge in [0.1, 0.15) is 10.4 Å². The van der Waals surface area contributed by atoms with Crippen molar-refractivity contribution in [2.24, 2.45) is 5.41 Å². The van der Waals surface area contributed by atoms with Gasteiger partial charge in [-0.1, -0.05) is 53.7 Å². The molecule has 4 rings (SSSR count). The smallest absolute Gasteiger partial charge is 0.373 e. The number of ketones is 1. The number of hydrogen-bond acceptors (Lipinski definition) is 8. The number of aromatic hydroxyl groups is 1. The molecule has 9 heteroatoms. The predicted molar refractivity (Wildman–Crippen MR) is 170 cm³/mol. The van der Waals surface area contributed by atoms with Gasteiger partial charge in [0, 0.05) is 22.9 Å². The molecule has 43 heavy (non-hydrogen) atoms. The van der Waals surface area contributed by atoms with Gasteiger partial charge in [-0.15, -0.1) is 11.3 Å². The molecule has 0 saturated heterocycles. The number of carbonyl (C=O) groups excluding carboxylic acids is 2. The lowest BCUT2D eigenvalue weighted by Gasteiger charge is -2.24. The van der Waals surface area contributed by atoms with E-state index in [-0.39, 0.29) is 34.8 Å². The number of aromatic nitrogens is 1. The van der Waals surface area contributed by atoms with E-state index >= 15 is 0 Å². The molecule has 8 nitrogen and oxygen atoms in total. The molecule has 228 valence electrons. The van der Waals surface area contributed by atoms with Crippen LogP contribution in [0, 0.1) is 19.3 Å². The molecule has 0 aliphatic carbocycles.